The smallest absolute Gasteiger partial charge is 0.387 e. The van der Waals surface area contributed by atoms with Crippen LogP contribution in [0.1, 0.15) is 10.4 Å². The van der Waals surface area contributed by atoms with Gasteiger partial charge in [0, 0.05) is 12.1 Å². The minimum Gasteiger partial charge on any atom is -0.493 e. The number of hydrogen-bond donors (Lipinski definition) is 2. The van der Waals surface area contributed by atoms with Gasteiger partial charge in [-0.15, -0.1) is 0 Å². The largest absolute Gasteiger partial charge is 0.493 e. The van der Waals surface area contributed by atoms with Gasteiger partial charge in [-0.25, -0.2) is 0 Å². The van der Waals surface area contributed by atoms with Crippen molar-refractivity contribution < 1.29 is 28.2 Å². The summed E-state index contributed by atoms with van der Waals surface area (Å²) in [6.45, 7) is -3.04. The summed E-state index contributed by atoms with van der Waals surface area (Å²) >= 11 is 0. The SMILES string of the molecule is COc1cc(C(=O)NCCO)ccc1OC(F)F. The van der Waals surface area contributed by atoms with Crippen molar-refractivity contribution in [2.45, 2.75) is 6.61 Å². The van der Waals surface area contributed by atoms with Crippen molar-refractivity contribution in [3.63, 3.8) is 0 Å². The number of ether oxygens (including phenoxy) is 2. The van der Waals surface area contributed by atoms with E-state index in [0.717, 1.165) is 0 Å². The van der Waals surface area contributed by atoms with E-state index >= 15 is 0 Å². The lowest BCUT2D eigenvalue weighted by Crippen LogP contribution is -2.26. The second-order valence-corrected chi connectivity index (χ2v) is 3.22. The lowest BCUT2D eigenvalue weighted by Gasteiger charge is -2.11. The third kappa shape index (κ3) is 3.85. The van der Waals surface area contributed by atoms with Crippen LogP contribution in [0, 0.1) is 0 Å². The Balaban J connectivity index is 2.87. The highest BCUT2D eigenvalue weighted by Crippen LogP contribution is 2.29. The number of nitrogens with one attached hydrogen (secondary N) is 1. The minimum absolute atomic E-state index is 0.0342. The number of rotatable bonds is 6. The molecule has 1 aromatic carbocycles. The van der Waals surface area contributed by atoms with Crippen molar-refractivity contribution in [1.82, 2.24) is 5.32 Å². The topological polar surface area (TPSA) is 67.8 Å². The van der Waals surface area contributed by atoms with Crippen molar-refractivity contribution in [3.8, 4) is 11.5 Å². The molecule has 1 rings (SSSR count). The van der Waals surface area contributed by atoms with Gasteiger partial charge in [-0.05, 0) is 18.2 Å². The molecule has 0 atom stereocenters. The molecule has 0 aliphatic rings. The number of carbonyl (C=O) groups is 1. The molecule has 5 nitrogen and oxygen atoms in total. The van der Waals surface area contributed by atoms with E-state index in [1.807, 2.05) is 0 Å². The van der Waals surface area contributed by atoms with E-state index in [-0.39, 0.29) is 30.2 Å². The van der Waals surface area contributed by atoms with E-state index in [1.165, 1.54) is 25.3 Å². The molecular formula is C11H13F2NO4. The van der Waals surface area contributed by atoms with Crippen LogP contribution in [0.2, 0.25) is 0 Å². The van der Waals surface area contributed by atoms with Gasteiger partial charge in [-0.2, -0.15) is 8.78 Å². The number of aliphatic hydroxyl groups is 1. The Morgan fingerprint density at radius 1 is 1.44 bits per heavy atom. The minimum atomic E-state index is -2.96. The Labute approximate surface area is 102 Å². The number of alkyl halides is 2. The first-order chi connectivity index (χ1) is 8.58. The number of aliphatic hydroxyl groups excluding tert-OH is 1. The maximum atomic E-state index is 12.1. The highest BCUT2D eigenvalue weighted by atomic mass is 19.3. The molecule has 2 N–H and O–H groups in total. The Morgan fingerprint density at radius 2 is 2.17 bits per heavy atom. The highest BCUT2D eigenvalue weighted by molar-refractivity contribution is 5.94. The molecule has 0 aliphatic carbocycles. The molecule has 0 radical (unpaired) electrons. The van der Waals surface area contributed by atoms with Gasteiger partial charge in [-0.3, -0.25) is 4.79 Å². The normalized spacial score (nSPS) is 10.3. The number of halogens is 2. The van der Waals surface area contributed by atoms with Gasteiger partial charge < -0.3 is 19.9 Å². The summed E-state index contributed by atoms with van der Waals surface area (Å²) in [6, 6.07) is 3.83. The van der Waals surface area contributed by atoms with E-state index in [1.54, 1.807) is 0 Å². The van der Waals surface area contributed by atoms with Crippen LogP contribution < -0.4 is 14.8 Å². The van der Waals surface area contributed by atoms with Crippen LogP contribution in [0.3, 0.4) is 0 Å². The molecule has 0 aromatic heterocycles. The van der Waals surface area contributed by atoms with Crippen LogP contribution in [0.4, 0.5) is 8.78 Å². The van der Waals surface area contributed by atoms with Crippen LogP contribution in [0.5, 0.6) is 11.5 Å². The van der Waals surface area contributed by atoms with Crippen molar-refractivity contribution in [1.29, 1.82) is 0 Å². The zero-order valence-corrected chi connectivity index (χ0v) is 9.65. The molecule has 0 bridgehead atoms. The van der Waals surface area contributed by atoms with Crippen molar-refractivity contribution in [3.05, 3.63) is 23.8 Å². The third-order valence-electron chi connectivity index (χ3n) is 2.04. The highest BCUT2D eigenvalue weighted by Gasteiger charge is 2.13. The second kappa shape index (κ2) is 6.75. The average Bonchev–Trinajstić information content (AvgIpc) is 2.35. The molecule has 100 valence electrons. The van der Waals surface area contributed by atoms with Crippen LogP contribution in [-0.2, 0) is 0 Å². The Morgan fingerprint density at radius 3 is 2.72 bits per heavy atom. The first-order valence-corrected chi connectivity index (χ1v) is 5.10. The van der Waals surface area contributed by atoms with Crippen LogP contribution in [-0.4, -0.2) is 37.9 Å². The van der Waals surface area contributed by atoms with Gasteiger partial charge in [0.05, 0.1) is 13.7 Å². The quantitative estimate of drug-likeness (QED) is 0.802. The number of benzene rings is 1. The van der Waals surface area contributed by atoms with E-state index in [9.17, 15) is 13.6 Å². The average molecular weight is 261 g/mol. The van der Waals surface area contributed by atoms with Gasteiger partial charge >= 0.3 is 6.61 Å². The summed E-state index contributed by atoms with van der Waals surface area (Å²) in [5, 5.41) is 11.0. The molecule has 7 heteroatoms. The van der Waals surface area contributed by atoms with Gasteiger partial charge in [0.25, 0.3) is 5.91 Å². The molecule has 18 heavy (non-hydrogen) atoms. The Hall–Kier alpha value is -1.89. The molecule has 0 aliphatic heterocycles. The van der Waals surface area contributed by atoms with Gasteiger partial charge in [0.2, 0.25) is 0 Å². The van der Waals surface area contributed by atoms with E-state index in [0.29, 0.717) is 0 Å². The number of methoxy groups -OCH3 is 1. The first kappa shape index (κ1) is 14.2. The molecule has 0 heterocycles. The van der Waals surface area contributed by atoms with Gasteiger partial charge in [0.1, 0.15) is 0 Å². The number of amides is 1. The summed E-state index contributed by atoms with van der Waals surface area (Å²) in [5.41, 5.74) is 0.224. The van der Waals surface area contributed by atoms with Crippen molar-refractivity contribution in [2.75, 3.05) is 20.3 Å². The monoisotopic (exact) mass is 261 g/mol. The van der Waals surface area contributed by atoms with Crippen molar-refractivity contribution >= 4 is 5.91 Å². The molecular weight excluding hydrogens is 248 g/mol. The standard InChI is InChI=1S/C11H13F2NO4/c1-17-9-6-7(10(16)14-4-5-15)2-3-8(9)18-11(12)13/h2-3,6,11,15H,4-5H2,1H3,(H,14,16). The van der Waals surface area contributed by atoms with E-state index in [2.05, 4.69) is 10.1 Å². The molecule has 1 aromatic rings. The zero-order chi connectivity index (χ0) is 13.5. The maximum absolute atomic E-state index is 12.1. The van der Waals surface area contributed by atoms with E-state index in [4.69, 9.17) is 9.84 Å². The third-order valence-corrected chi connectivity index (χ3v) is 2.04. The van der Waals surface area contributed by atoms with Crippen molar-refractivity contribution in [2.24, 2.45) is 0 Å². The molecule has 1 amide bonds. The van der Waals surface area contributed by atoms with Gasteiger partial charge in [0.15, 0.2) is 11.5 Å². The fourth-order valence-electron chi connectivity index (χ4n) is 1.27. The lowest BCUT2D eigenvalue weighted by atomic mass is 10.2. The predicted octanol–water partition coefficient (Wildman–Crippen LogP) is 1.02. The molecule has 0 saturated carbocycles. The van der Waals surface area contributed by atoms with Crippen LogP contribution in [0.15, 0.2) is 18.2 Å². The zero-order valence-electron chi connectivity index (χ0n) is 9.65. The Bertz CT molecular complexity index is 412. The lowest BCUT2D eigenvalue weighted by molar-refractivity contribution is -0.0512. The van der Waals surface area contributed by atoms with Gasteiger partial charge in [-0.1, -0.05) is 0 Å². The molecule has 0 spiro atoms. The fraction of sp³-hybridized carbons (Fsp3) is 0.364. The van der Waals surface area contributed by atoms with Crippen LogP contribution in [0.25, 0.3) is 0 Å². The molecule has 0 fully saturated rings. The van der Waals surface area contributed by atoms with Crippen LogP contribution >= 0.6 is 0 Å². The summed E-state index contributed by atoms with van der Waals surface area (Å²) in [5.74, 6) is -0.552. The number of hydrogen-bond acceptors (Lipinski definition) is 4. The summed E-state index contributed by atoms with van der Waals surface area (Å²) in [4.78, 5) is 11.5. The fourth-order valence-corrected chi connectivity index (χ4v) is 1.27. The molecule has 0 unspecified atom stereocenters. The Kier molecular flexibility index (Phi) is 5.31. The molecule has 0 saturated heterocycles. The first-order valence-electron chi connectivity index (χ1n) is 5.10. The summed E-state index contributed by atoms with van der Waals surface area (Å²) in [7, 11) is 1.28. The summed E-state index contributed by atoms with van der Waals surface area (Å²) < 4.78 is 33.2. The number of carbonyl (C=O) groups excluding carboxylic acids is 1. The maximum Gasteiger partial charge on any atom is 0.387 e. The second-order valence-electron chi connectivity index (χ2n) is 3.22. The van der Waals surface area contributed by atoms with E-state index < -0.39 is 12.5 Å². The summed E-state index contributed by atoms with van der Waals surface area (Å²) in [6.07, 6.45) is 0. The predicted molar refractivity (Wildman–Crippen MR) is 59.0 cm³/mol.